The molecule has 0 saturated heterocycles. The Morgan fingerprint density at radius 1 is 1.25 bits per heavy atom. The molecule has 0 aliphatic carbocycles. The average molecular weight is 387 g/mol. The lowest BCUT2D eigenvalue weighted by molar-refractivity contribution is -0.151. The molecule has 3 nitrogen and oxygen atoms in total. The molecule has 1 aromatic rings. The first-order valence-electron chi connectivity index (χ1n) is 10.4. The number of furan rings is 1. The molecule has 0 spiro atoms. The van der Waals surface area contributed by atoms with Gasteiger partial charge in [-0.2, -0.15) is 0 Å². The fourth-order valence-electron chi connectivity index (χ4n) is 2.64. The molecule has 1 atom stereocenters. The van der Waals surface area contributed by atoms with Crippen molar-refractivity contribution in [2.45, 2.75) is 73.6 Å². The second kappa shape index (κ2) is 12.4. The third kappa shape index (κ3) is 11.0. The molecule has 0 radical (unpaired) electrons. The number of hydrogen-bond donors (Lipinski definition) is 0. The average Bonchev–Trinajstić information content (AvgIpc) is 3.12. The lowest BCUT2D eigenvalue weighted by Crippen LogP contribution is -2.23. The van der Waals surface area contributed by atoms with Crippen molar-refractivity contribution in [3.8, 4) is 0 Å². The van der Waals surface area contributed by atoms with Gasteiger partial charge in [0.05, 0.1) is 17.9 Å². The van der Waals surface area contributed by atoms with Gasteiger partial charge in [-0.1, -0.05) is 36.8 Å². The van der Waals surface area contributed by atoms with Crippen LogP contribution in [0.1, 0.15) is 72.8 Å². The number of hydrogen-bond acceptors (Lipinski definition) is 3. The molecule has 3 heteroatoms. The van der Waals surface area contributed by atoms with Gasteiger partial charge >= 0.3 is 5.97 Å². The molecule has 1 rings (SSSR count). The van der Waals surface area contributed by atoms with Crippen LogP contribution in [0, 0.1) is 11.3 Å². The molecule has 0 saturated carbocycles. The predicted octanol–water partition coefficient (Wildman–Crippen LogP) is 7.06. The van der Waals surface area contributed by atoms with Crippen molar-refractivity contribution in [2.75, 3.05) is 6.61 Å². The SMILES string of the molecule is C/C(=C\C=C\C(C)CC/C=C(\C)COC(=O)C(C)(C)C)CCCc1ccoc1. The van der Waals surface area contributed by atoms with E-state index in [1.54, 1.807) is 6.26 Å². The van der Waals surface area contributed by atoms with Gasteiger partial charge in [-0.3, -0.25) is 4.79 Å². The zero-order valence-corrected chi connectivity index (χ0v) is 18.6. The minimum Gasteiger partial charge on any atom is -0.472 e. The quantitative estimate of drug-likeness (QED) is 0.232. The van der Waals surface area contributed by atoms with Crippen LogP contribution in [0.15, 0.2) is 58.5 Å². The van der Waals surface area contributed by atoms with E-state index in [0.717, 1.165) is 37.7 Å². The Hall–Kier alpha value is -2.03. The molecule has 28 heavy (non-hydrogen) atoms. The van der Waals surface area contributed by atoms with Crippen LogP contribution in [0.5, 0.6) is 0 Å². The third-order valence-electron chi connectivity index (χ3n) is 4.60. The second-order valence-electron chi connectivity index (χ2n) is 8.81. The second-order valence-corrected chi connectivity index (χ2v) is 8.81. The lowest BCUT2D eigenvalue weighted by Gasteiger charge is -2.16. The molecule has 0 aliphatic heterocycles. The summed E-state index contributed by atoms with van der Waals surface area (Å²) >= 11 is 0. The smallest absolute Gasteiger partial charge is 0.311 e. The summed E-state index contributed by atoms with van der Waals surface area (Å²) in [5, 5.41) is 0. The monoisotopic (exact) mass is 386 g/mol. The summed E-state index contributed by atoms with van der Waals surface area (Å²) in [4.78, 5) is 11.8. The van der Waals surface area contributed by atoms with Crippen LogP contribution >= 0.6 is 0 Å². The summed E-state index contributed by atoms with van der Waals surface area (Å²) in [5.41, 5.74) is 3.35. The van der Waals surface area contributed by atoms with Crippen LogP contribution in [0.3, 0.4) is 0 Å². The van der Waals surface area contributed by atoms with E-state index in [2.05, 4.69) is 38.2 Å². The summed E-state index contributed by atoms with van der Waals surface area (Å²) in [5.74, 6) is 0.375. The van der Waals surface area contributed by atoms with Gasteiger partial charge in [0.15, 0.2) is 0 Å². The lowest BCUT2D eigenvalue weighted by atomic mass is 9.97. The van der Waals surface area contributed by atoms with E-state index in [9.17, 15) is 4.79 Å². The van der Waals surface area contributed by atoms with Crippen molar-refractivity contribution in [2.24, 2.45) is 11.3 Å². The molecule has 1 aromatic heterocycles. The van der Waals surface area contributed by atoms with E-state index < -0.39 is 5.41 Å². The van der Waals surface area contributed by atoms with Gasteiger partial charge < -0.3 is 9.15 Å². The first-order valence-corrected chi connectivity index (χ1v) is 10.4. The maximum atomic E-state index is 11.8. The van der Waals surface area contributed by atoms with Gasteiger partial charge in [0, 0.05) is 0 Å². The summed E-state index contributed by atoms with van der Waals surface area (Å²) in [6.45, 7) is 12.5. The Morgan fingerprint density at radius 3 is 2.64 bits per heavy atom. The van der Waals surface area contributed by atoms with E-state index in [4.69, 9.17) is 9.15 Å². The number of carbonyl (C=O) groups excluding carboxylic acids is 1. The normalized spacial score (nSPS) is 14.5. The van der Waals surface area contributed by atoms with E-state index in [1.165, 1.54) is 11.1 Å². The minimum atomic E-state index is -0.440. The Bertz CT molecular complexity index is 654. The Kier molecular flexibility index (Phi) is 10.7. The predicted molar refractivity (Wildman–Crippen MR) is 117 cm³/mol. The van der Waals surface area contributed by atoms with Gasteiger partial charge in [0.1, 0.15) is 6.61 Å². The number of carbonyl (C=O) groups is 1. The van der Waals surface area contributed by atoms with Crippen LogP contribution < -0.4 is 0 Å². The topological polar surface area (TPSA) is 39.4 Å². The van der Waals surface area contributed by atoms with Crippen molar-refractivity contribution in [3.63, 3.8) is 0 Å². The van der Waals surface area contributed by atoms with Crippen LogP contribution in [0.2, 0.25) is 0 Å². The Balaban J connectivity index is 2.23. The first kappa shape index (κ1) is 24.0. The molecular weight excluding hydrogens is 348 g/mol. The molecule has 1 unspecified atom stereocenters. The molecule has 0 amide bonds. The molecule has 0 aromatic carbocycles. The molecule has 0 bridgehead atoms. The van der Waals surface area contributed by atoms with Crippen molar-refractivity contribution in [3.05, 3.63) is 59.6 Å². The van der Waals surface area contributed by atoms with Crippen LogP contribution in [-0.4, -0.2) is 12.6 Å². The fourth-order valence-corrected chi connectivity index (χ4v) is 2.64. The van der Waals surface area contributed by atoms with E-state index >= 15 is 0 Å². The summed E-state index contributed by atoms with van der Waals surface area (Å²) < 4.78 is 10.4. The highest BCUT2D eigenvalue weighted by Crippen LogP contribution is 2.16. The van der Waals surface area contributed by atoms with E-state index in [0.29, 0.717) is 12.5 Å². The summed E-state index contributed by atoms with van der Waals surface area (Å²) in [6.07, 6.45) is 17.8. The van der Waals surface area contributed by atoms with Crippen LogP contribution in [-0.2, 0) is 16.0 Å². The van der Waals surface area contributed by atoms with Crippen molar-refractivity contribution >= 4 is 5.97 Å². The number of aryl methyl sites for hydroxylation is 1. The maximum Gasteiger partial charge on any atom is 0.311 e. The third-order valence-corrected chi connectivity index (χ3v) is 4.60. The number of rotatable bonds is 11. The zero-order chi connectivity index (χ0) is 21.0. The first-order chi connectivity index (χ1) is 13.2. The molecule has 0 N–H and O–H groups in total. The zero-order valence-electron chi connectivity index (χ0n) is 18.6. The highest BCUT2D eigenvalue weighted by Gasteiger charge is 2.22. The van der Waals surface area contributed by atoms with Crippen LogP contribution in [0.4, 0.5) is 0 Å². The molecule has 156 valence electrons. The molecule has 0 fully saturated rings. The Morgan fingerprint density at radius 2 is 2.00 bits per heavy atom. The summed E-state index contributed by atoms with van der Waals surface area (Å²) in [6, 6.07) is 2.03. The Labute approximate surface area is 171 Å². The van der Waals surface area contributed by atoms with E-state index in [-0.39, 0.29) is 5.97 Å². The fraction of sp³-hybridized carbons (Fsp3) is 0.560. The van der Waals surface area contributed by atoms with Crippen LogP contribution in [0.25, 0.3) is 0 Å². The number of allylic oxidation sites excluding steroid dienone is 5. The van der Waals surface area contributed by atoms with Crippen molar-refractivity contribution in [1.29, 1.82) is 0 Å². The van der Waals surface area contributed by atoms with Gasteiger partial charge in [-0.05, 0) is 89.8 Å². The highest BCUT2D eigenvalue weighted by molar-refractivity contribution is 5.75. The number of esters is 1. The number of ether oxygens (including phenoxy) is 1. The van der Waals surface area contributed by atoms with Gasteiger partial charge in [-0.25, -0.2) is 0 Å². The van der Waals surface area contributed by atoms with Gasteiger partial charge in [0.2, 0.25) is 0 Å². The summed E-state index contributed by atoms with van der Waals surface area (Å²) in [7, 11) is 0. The van der Waals surface area contributed by atoms with Gasteiger partial charge in [-0.15, -0.1) is 0 Å². The van der Waals surface area contributed by atoms with Gasteiger partial charge in [0.25, 0.3) is 0 Å². The van der Waals surface area contributed by atoms with E-state index in [1.807, 2.05) is 40.0 Å². The highest BCUT2D eigenvalue weighted by atomic mass is 16.5. The molecule has 1 heterocycles. The van der Waals surface area contributed by atoms with Crippen molar-refractivity contribution in [1.82, 2.24) is 0 Å². The molecule has 0 aliphatic rings. The largest absolute Gasteiger partial charge is 0.472 e. The molecular formula is C25H38O3. The minimum absolute atomic E-state index is 0.150. The standard InChI is InChI=1S/C25H38O3/c1-20(12-8-14-22(3)18-28-24(26)25(4,5)6)10-7-11-21(2)13-9-15-23-16-17-27-19-23/h7,10-11,14,16-17,19-20H,8-9,12-13,15,18H2,1-6H3/b10-7+,21-11+,22-14+. The van der Waals surface area contributed by atoms with Crippen molar-refractivity contribution < 1.29 is 13.9 Å². The maximum absolute atomic E-state index is 11.8.